The van der Waals surface area contributed by atoms with Crippen LogP contribution in [0.4, 0.5) is 0 Å². The second-order valence-corrected chi connectivity index (χ2v) is 7.92. The number of ether oxygens (including phenoxy) is 2. The van der Waals surface area contributed by atoms with Crippen molar-refractivity contribution in [2.45, 2.75) is 31.8 Å². The highest BCUT2D eigenvalue weighted by atomic mass is 32.1. The van der Waals surface area contributed by atoms with Gasteiger partial charge in [-0.05, 0) is 42.5 Å². The Bertz CT molecular complexity index is 910. The number of nitrogens with zero attached hydrogens (tertiary/aromatic N) is 1. The van der Waals surface area contributed by atoms with E-state index in [0.29, 0.717) is 13.0 Å². The van der Waals surface area contributed by atoms with E-state index in [1.807, 2.05) is 29.2 Å². The molecule has 5 heteroatoms. The molecule has 1 amide bonds. The second kappa shape index (κ2) is 7.61. The maximum atomic E-state index is 12.8. The van der Waals surface area contributed by atoms with E-state index in [9.17, 15) is 4.79 Å². The van der Waals surface area contributed by atoms with Crippen molar-refractivity contribution >= 4 is 27.3 Å². The maximum absolute atomic E-state index is 12.8. The van der Waals surface area contributed by atoms with Crippen molar-refractivity contribution in [3.8, 4) is 11.5 Å². The van der Waals surface area contributed by atoms with Crippen molar-refractivity contribution in [3.63, 3.8) is 0 Å². The summed E-state index contributed by atoms with van der Waals surface area (Å²) in [5, 5.41) is 1.23. The molecule has 2 aromatic carbocycles. The molecular weight excluding hydrogens is 358 g/mol. The highest BCUT2D eigenvalue weighted by Gasteiger charge is 2.33. The standard InChI is InChI=1S/C22H23NO3S/c1-25-18-9-6-10-19(26-2)22(18)17-8-5-12-21(24)23(17)14-16-13-15-7-3-4-11-20(15)27-16/h3-4,6-7,9-11,13,17H,5,8,12,14H2,1-2H3. The first-order chi connectivity index (χ1) is 13.2. The largest absolute Gasteiger partial charge is 0.496 e. The minimum Gasteiger partial charge on any atom is -0.496 e. The molecular formula is C22H23NO3S. The summed E-state index contributed by atoms with van der Waals surface area (Å²) in [6, 6.07) is 16.3. The third-order valence-corrected chi connectivity index (χ3v) is 6.27. The molecule has 1 unspecified atom stereocenters. The zero-order valence-electron chi connectivity index (χ0n) is 15.6. The molecule has 1 aliphatic heterocycles. The molecule has 0 radical (unpaired) electrons. The number of methoxy groups -OCH3 is 2. The van der Waals surface area contributed by atoms with Gasteiger partial charge in [-0.1, -0.05) is 24.3 Å². The van der Waals surface area contributed by atoms with Crippen LogP contribution < -0.4 is 9.47 Å². The molecule has 1 aliphatic rings. The molecule has 0 N–H and O–H groups in total. The average Bonchev–Trinajstić information content (AvgIpc) is 3.11. The van der Waals surface area contributed by atoms with Crippen LogP contribution in [0, 0.1) is 0 Å². The van der Waals surface area contributed by atoms with Crippen molar-refractivity contribution in [2.24, 2.45) is 0 Å². The Morgan fingerprint density at radius 2 is 1.81 bits per heavy atom. The van der Waals surface area contributed by atoms with E-state index in [4.69, 9.17) is 9.47 Å². The van der Waals surface area contributed by atoms with E-state index in [-0.39, 0.29) is 11.9 Å². The summed E-state index contributed by atoms with van der Waals surface area (Å²) in [5.41, 5.74) is 0.969. The first-order valence-corrected chi connectivity index (χ1v) is 10.0. The molecule has 0 aliphatic carbocycles. The van der Waals surface area contributed by atoms with Crippen molar-refractivity contribution in [3.05, 3.63) is 59.0 Å². The highest BCUT2D eigenvalue weighted by molar-refractivity contribution is 7.19. The third kappa shape index (κ3) is 3.39. The number of carbonyl (C=O) groups is 1. The Morgan fingerprint density at radius 3 is 2.52 bits per heavy atom. The number of fused-ring (bicyclic) bond motifs is 1. The zero-order chi connectivity index (χ0) is 18.8. The van der Waals surface area contributed by atoms with Gasteiger partial charge in [0.1, 0.15) is 11.5 Å². The lowest BCUT2D eigenvalue weighted by molar-refractivity contribution is -0.137. The van der Waals surface area contributed by atoms with Gasteiger partial charge in [0.05, 0.1) is 32.4 Å². The van der Waals surface area contributed by atoms with Crippen molar-refractivity contribution in [1.29, 1.82) is 0 Å². The zero-order valence-corrected chi connectivity index (χ0v) is 16.4. The van der Waals surface area contributed by atoms with E-state index < -0.39 is 0 Å². The van der Waals surface area contributed by atoms with E-state index in [2.05, 4.69) is 24.3 Å². The summed E-state index contributed by atoms with van der Waals surface area (Å²) < 4.78 is 12.5. The molecule has 140 valence electrons. The van der Waals surface area contributed by atoms with E-state index >= 15 is 0 Å². The second-order valence-electron chi connectivity index (χ2n) is 6.76. The quantitative estimate of drug-likeness (QED) is 0.612. The summed E-state index contributed by atoms with van der Waals surface area (Å²) in [6.45, 7) is 0.615. The fourth-order valence-corrected chi connectivity index (χ4v) is 4.97. The fraction of sp³-hybridized carbons (Fsp3) is 0.318. The molecule has 1 atom stereocenters. The van der Waals surface area contributed by atoms with Crippen LogP contribution in [-0.2, 0) is 11.3 Å². The molecule has 3 aromatic rings. The van der Waals surface area contributed by atoms with Gasteiger partial charge in [0.25, 0.3) is 0 Å². The number of hydrogen-bond acceptors (Lipinski definition) is 4. The first-order valence-electron chi connectivity index (χ1n) is 9.19. The van der Waals surface area contributed by atoms with Gasteiger partial charge in [0.2, 0.25) is 5.91 Å². The van der Waals surface area contributed by atoms with Crippen molar-refractivity contribution < 1.29 is 14.3 Å². The number of likely N-dealkylation sites (tertiary alicyclic amines) is 1. The summed E-state index contributed by atoms with van der Waals surface area (Å²) in [5.74, 6) is 1.74. The van der Waals surface area contributed by atoms with E-state index in [1.165, 1.54) is 15.0 Å². The molecule has 4 rings (SSSR count). The Kier molecular flexibility index (Phi) is 5.03. The number of carbonyl (C=O) groups excluding carboxylic acids is 1. The third-order valence-electron chi connectivity index (χ3n) is 5.17. The van der Waals surface area contributed by atoms with Gasteiger partial charge in [-0.25, -0.2) is 0 Å². The van der Waals surface area contributed by atoms with Crippen molar-refractivity contribution in [1.82, 2.24) is 4.90 Å². The lowest BCUT2D eigenvalue weighted by atomic mass is 9.93. The molecule has 0 saturated carbocycles. The Balaban J connectivity index is 1.72. The van der Waals surface area contributed by atoms with Gasteiger partial charge in [0.15, 0.2) is 0 Å². The Labute approximate surface area is 163 Å². The van der Waals surface area contributed by atoms with Gasteiger partial charge in [-0.15, -0.1) is 11.3 Å². The van der Waals surface area contributed by atoms with Gasteiger partial charge in [-0.2, -0.15) is 0 Å². The topological polar surface area (TPSA) is 38.8 Å². The van der Waals surface area contributed by atoms with Crippen LogP contribution >= 0.6 is 11.3 Å². The number of rotatable bonds is 5. The monoisotopic (exact) mass is 381 g/mol. The van der Waals surface area contributed by atoms with Gasteiger partial charge >= 0.3 is 0 Å². The first kappa shape index (κ1) is 17.9. The predicted molar refractivity (Wildman–Crippen MR) is 109 cm³/mol. The van der Waals surface area contributed by atoms with Gasteiger partial charge in [0, 0.05) is 16.0 Å². The van der Waals surface area contributed by atoms with Crippen LogP contribution in [0.3, 0.4) is 0 Å². The normalized spacial score (nSPS) is 17.3. The molecule has 1 aromatic heterocycles. The van der Waals surface area contributed by atoms with Crippen LogP contribution in [-0.4, -0.2) is 25.0 Å². The highest BCUT2D eigenvalue weighted by Crippen LogP contribution is 2.43. The molecule has 1 fully saturated rings. The van der Waals surface area contributed by atoms with E-state index in [1.54, 1.807) is 25.6 Å². The van der Waals surface area contributed by atoms with Crippen LogP contribution in [0.25, 0.3) is 10.1 Å². The van der Waals surface area contributed by atoms with Crippen molar-refractivity contribution in [2.75, 3.05) is 14.2 Å². The van der Waals surface area contributed by atoms with Crippen LogP contribution in [0.1, 0.15) is 35.7 Å². The number of amides is 1. The number of piperidine rings is 1. The summed E-state index contributed by atoms with van der Waals surface area (Å²) in [6.07, 6.45) is 2.39. The molecule has 0 spiro atoms. The van der Waals surface area contributed by atoms with Gasteiger partial charge < -0.3 is 14.4 Å². The average molecular weight is 381 g/mol. The molecule has 2 heterocycles. The molecule has 4 nitrogen and oxygen atoms in total. The summed E-state index contributed by atoms with van der Waals surface area (Å²) in [7, 11) is 3.33. The maximum Gasteiger partial charge on any atom is 0.223 e. The Morgan fingerprint density at radius 1 is 1.07 bits per heavy atom. The lowest BCUT2D eigenvalue weighted by Crippen LogP contribution is -2.37. The van der Waals surface area contributed by atoms with Gasteiger partial charge in [-0.3, -0.25) is 4.79 Å². The molecule has 0 bridgehead atoms. The minimum atomic E-state index is -0.0393. The number of benzene rings is 2. The lowest BCUT2D eigenvalue weighted by Gasteiger charge is -2.37. The number of hydrogen-bond donors (Lipinski definition) is 0. The van der Waals surface area contributed by atoms with E-state index in [0.717, 1.165) is 29.9 Å². The molecule has 27 heavy (non-hydrogen) atoms. The van der Waals surface area contributed by atoms with Crippen LogP contribution in [0.2, 0.25) is 0 Å². The summed E-state index contributed by atoms with van der Waals surface area (Å²) in [4.78, 5) is 16.0. The Hall–Kier alpha value is -2.53. The van der Waals surface area contributed by atoms with Crippen LogP contribution in [0.5, 0.6) is 11.5 Å². The smallest absolute Gasteiger partial charge is 0.223 e. The molecule has 1 saturated heterocycles. The number of thiophene rings is 1. The van der Waals surface area contributed by atoms with Crippen LogP contribution in [0.15, 0.2) is 48.5 Å². The predicted octanol–water partition coefficient (Wildman–Crippen LogP) is 5.17. The summed E-state index contributed by atoms with van der Waals surface area (Å²) >= 11 is 1.75. The SMILES string of the molecule is COc1cccc(OC)c1C1CCCC(=O)N1Cc1cc2ccccc2s1. The minimum absolute atomic E-state index is 0.0393. The fourth-order valence-electron chi connectivity index (χ4n) is 3.91.